The Balaban J connectivity index is 2.40. The summed E-state index contributed by atoms with van der Waals surface area (Å²) in [4.78, 5) is 16.6. The van der Waals surface area contributed by atoms with E-state index < -0.39 is 0 Å². The predicted octanol–water partition coefficient (Wildman–Crippen LogP) is 2.33. The quantitative estimate of drug-likeness (QED) is 0.768. The van der Waals surface area contributed by atoms with Crippen LogP contribution in [0.4, 0.5) is 0 Å². The van der Waals surface area contributed by atoms with Crippen molar-refractivity contribution >= 4 is 17.3 Å². The molecule has 0 amide bonds. The molecule has 0 radical (unpaired) electrons. The van der Waals surface area contributed by atoms with Crippen LogP contribution in [0.2, 0.25) is 0 Å². The summed E-state index contributed by atoms with van der Waals surface area (Å²) in [5.41, 5.74) is 3.04. The van der Waals surface area contributed by atoms with Crippen LogP contribution in [0.15, 0.2) is 23.8 Å². The number of carbonyl (C=O) groups excluding carboxylic acids is 1. The average molecular weight is 236 g/mol. The highest BCUT2D eigenvalue weighted by atomic mass is 32.1. The minimum Gasteiger partial charge on any atom is -0.461 e. The van der Waals surface area contributed by atoms with Crippen LogP contribution in [0, 0.1) is 0 Å². The van der Waals surface area contributed by atoms with E-state index in [0.717, 1.165) is 10.6 Å². The maximum atomic E-state index is 11.6. The lowest BCUT2D eigenvalue weighted by atomic mass is 10.3. The van der Waals surface area contributed by atoms with Gasteiger partial charge in [0.25, 0.3) is 0 Å². The van der Waals surface area contributed by atoms with E-state index in [1.165, 1.54) is 11.3 Å². The highest BCUT2D eigenvalue weighted by Gasteiger charge is 2.18. The van der Waals surface area contributed by atoms with Crippen LogP contribution in [0.1, 0.15) is 17.4 Å². The molecule has 4 nitrogen and oxygen atoms in total. The van der Waals surface area contributed by atoms with Gasteiger partial charge < -0.3 is 9.30 Å². The molecule has 0 aliphatic heterocycles. The number of thiazole rings is 1. The van der Waals surface area contributed by atoms with Gasteiger partial charge in [-0.15, -0.1) is 11.3 Å². The Hall–Kier alpha value is -1.62. The third kappa shape index (κ3) is 1.86. The van der Waals surface area contributed by atoms with Crippen molar-refractivity contribution in [2.75, 3.05) is 6.61 Å². The van der Waals surface area contributed by atoms with E-state index in [4.69, 9.17) is 4.74 Å². The number of carbonyl (C=O) groups is 1. The van der Waals surface area contributed by atoms with Gasteiger partial charge in [0.2, 0.25) is 0 Å². The van der Waals surface area contributed by atoms with Gasteiger partial charge in [0.1, 0.15) is 0 Å². The normalized spacial score (nSPS) is 10.4. The number of aryl methyl sites for hydroxylation is 1. The maximum absolute atomic E-state index is 11.6. The Kier molecular flexibility index (Phi) is 3.05. The van der Waals surface area contributed by atoms with Crippen LogP contribution in [0.5, 0.6) is 0 Å². The van der Waals surface area contributed by atoms with E-state index in [1.54, 1.807) is 12.4 Å². The second-order valence-electron chi connectivity index (χ2n) is 3.25. The van der Waals surface area contributed by atoms with Crippen molar-refractivity contribution in [2.24, 2.45) is 7.05 Å². The molecule has 0 unspecified atom stereocenters. The molecule has 0 N–H and O–H groups in total. The van der Waals surface area contributed by atoms with Crippen molar-refractivity contribution in [2.45, 2.75) is 6.92 Å². The number of aromatic nitrogens is 2. The van der Waals surface area contributed by atoms with Gasteiger partial charge in [0.15, 0.2) is 5.69 Å². The molecule has 2 heterocycles. The van der Waals surface area contributed by atoms with E-state index in [2.05, 4.69) is 4.98 Å². The second-order valence-corrected chi connectivity index (χ2v) is 4.11. The molecule has 2 aromatic rings. The Bertz CT molecular complexity index is 502. The number of ether oxygens (including phenoxy) is 1. The second kappa shape index (κ2) is 4.49. The lowest BCUT2D eigenvalue weighted by Gasteiger charge is -2.03. The molecular formula is C11H12N2O2S. The standard InChI is InChI=1S/C11H12N2O2S/c1-3-15-11(14)9-10(16-7-12-9)8-5-4-6-13(8)2/h4-7H,3H2,1-2H3. The van der Waals surface area contributed by atoms with Crippen LogP contribution in [-0.4, -0.2) is 22.1 Å². The summed E-state index contributed by atoms with van der Waals surface area (Å²) in [6.07, 6.45) is 1.93. The highest BCUT2D eigenvalue weighted by Crippen LogP contribution is 2.27. The fourth-order valence-corrected chi connectivity index (χ4v) is 2.31. The molecule has 0 atom stereocenters. The maximum Gasteiger partial charge on any atom is 0.358 e. The van der Waals surface area contributed by atoms with E-state index >= 15 is 0 Å². The number of esters is 1. The molecule has 0 bridgehead atoms. The first-order chi connectivity index (χ1) is 7.74. The zero-order valence-corrected chi connectivity index (χ0v) is 9.95. The summed E-state index contributed by atoms with van der Waals surface area (Å²) in [7, 11) is 1.93. The Morgan fingerprint density at radius 3 is 3.06 bits per heavy atom. The minimum atomic E-state index is -0.361. The van der Waals surface area contributed by atoms with Gasteiger partial charge in [-0.1, -0.05) is 0 Å². The molecule has 0 spiro atoms. The van der Waals surface area contributed by atoms with E-state index in [-0.39, 0.29) is 5.97 Å². The summed E-state index contributed by atoms with van der Waals surface area (Å²) in [6.45, 7) is 2.15. The van der Waals surface area contributed by atoms with Crippen molar-refractivity contribution in [1.82, 2.24) is 9.55 Å². The van der Waals surface area contributed by atoms with E-state index in [1.807, 2.05) is 29.9 Å². The molecule has 84 valence electrons. The first-order valence-corrected chi connectivity index (χ1v) is 5.84. The lowest BCUT2D eigenvalue weighted by Crippen LogP contribution is -2.06. The van der Waals surface area contributed by atoms with E-state index in [9.17, 15) is 4.79 Å². The summed E-state index contributed by atoms with van der Waals surface area (Å²) in [6, 6.07) is 3.89. The lowest BCUT2D eigenvalue weighted by molar-refractivity contribution is 0.0521. The molecule has 0 fully saturated rings. The molecule has 5 heteroatoms. The molecule has 0 saturated carbocycles. The Labute approximate surface area is 97.5 Å². The van der Waals surface area contributed by atoms with Gasteiger partial charge >= 0.3 is 5.97 Å². The largest absolute Gasteiger partial charge is 0.461 e. The highest BCUT2D eigenvalue weighted by molar-refractivity contribution is 7.13. The summed E-state index contributed by atoms with van der Waals surface area (Å²) >= 11 is 1.44. The molecular weight excluding hydrogens is 224 g/mol. The molecule has 2 aromatic heterocycles. The summed E-state index contributed by atoms with van der Waals surface area (Å²) in [5, 5.41) is 0. The molecule has 0 aliphatic rings. The third-order valence-corrected chi connectivity index (χ3v) is 3.06. The van der Waals surface area contributed by atoms with Crippen LogP contribution < -0.4 is 0 Å². The zero-order chi connectivity index (χ0) is 11.5. The van der Waals surface area contributed by atoms with Crippen molar-refractivity contribution in [1.29, 1.82) is 0 Å². The first kappa shape index (κ1) is 10.9. The summed E-state index contributed by atoms with van der Waals surface area (Å²) in [5.74, 6) is -0.361. The SMILES string of the molecule is CCOC(=O)c1ncsc1-c1cccn1C. The summed E-state index contributed by atoms with van der Waals surface area (Å²) < 4.78 is 6.92. The molecule has 0 aliphatic carbocycles. The first-order valence-electron chi connectivity index (χ1n) is 4.96. The number of hydrogen-bond donors (Lipinski definition) is 0. The molecule has 2 rings (SSSR count). The van der Waals surface area contributed by atoms with Crippen molar-refractivity contribution in [3.8, 4) is 10.6 Å². The van der Waals surface area contributed by atoms with Crippen LogP contribution in [-0.2, 0) is 11.8 Å². The monoisotopic (exact) mass is 236 g/mol. The minimum absolute atomic E-state index is 0.361. The van der Waals surface area contributed by atoms with Gasteiger partial charge in [-0.3, -0.25) is 0 Å². The number of nitrogens with zero attached hydrogens (tertiary/aromatic N) is 2. The van der Waals surface area contributed by atoms with Gasteiger partial charge in [-0.05, 0) is 19.1 Å². The van der Waals surface area contributed by atoms with Gasteiger partial charge in [0, 0.05) is 13.2 Å². The molecule has 0 saturated heterocycles. The smallest absolute Gasteiger partial charge is 0.358 e. The third-order valence-electron chi connectivity index (χ3n) is 2.21. The van der Waals surface area contributed by atoms with Crippen LogP contribution in [0.25, 0.3) is 10.6 Å². The molecule has 16 heavy (non-hydrogen) atoms. The Morgan fingerprint density at radius 1 is 1.62 bits per heavy atom. The van der Waals surface area contributed by atoms with Crippen molar-refractivity contribution < 1.29 is 9.53 Å². The zero-order valence-electron chi connectivity index (χ0n) is 9.14. The van der Waals surface area contributed by atoms with Crippen molar-refractivity contribution in [3.05, 3.63) is 29.5 Å². The fraction of sp³-hybridized carbons (Fsp3) is 0.273. The van der Waals surface area contributed by atoms with Crippen molar-refractivity contribution in [3.63, 3.8) is 0 Å². The fourth-order valence-electron chi connectivity index (χ4n) is 1.47. The average Bonchev–Trinajstić information content (AvgIpc) is 2.85. The predicted molar refractivity (Wildman–Crippen MR) is 62.5 cm³/mol. The Morgan fingerprint density at radius 2 is 2.44 bits per heavy atom. The van der Waals surface area contributed by atoms with Gasteiger partial charge in [-0.2, -0.15) is 0 Å². The van der Waals surface area contributed by atoms with E-state index in [0.29, 0.717) is 12.3 Å². The molecule has 0 aromatic carbocycles. The van der Waals surface area contributed by atoms with Gasteiger partial charge in [-0.25, -0.2) is 9.78 Å². The number of rotatable bonds is 3. The van der Waals surface area contributed by atoms with Crippen LogP contribution in [0.3, 0.4) is 0 Å². The van der Waals surface area contributed by atoms with Crippen LogP contribution >= 0.6 is 11.3 Å². The number of hydrogen-bond acceptors (Lipinski definition) is 4. The topological polar surface area (TPSA) is 44.1 Å². The van der Waals surface area contributed by atoms with Gasteiger partial charge in [0.05, 0.1) is 22.7 Å².